The van der Waals surface area contributed by atoms with E-state index in [2.05, 4.69) is 29.4 Å². The number of nitrogens with zero attached hydrogens (tertiary/aromatic N) is 2. The molecule has 0 bridgehead atoms. The second-order valence-corrected chi connectivity index (χ2v) is 7.78. The summed E-state index contributed by atoms with van der Waals surface area (Å²) in [5.74, 6) is 0.0422. The monoisotopic (exact) mass is 433 g/mol. The zero-order valence-electron chi connectivity index (χ0n) is 19.1. The van der Waals surface area contributed by atoms with Crippen LogP contribution in [0.15, 0.2) is 59.3 Å². The maximum Gasteiger partial charge on any atom is 0.253 e. The molecule has 0 atom stereocenters. The number of amides is 2. The SMILES string of the molecule is CCCN(CCC)C(=O)c1cc(C(=O)NCc2cccc(CC)c2)cc(-c2ncco2)c1. The van der Waals surface area contributed by atoms with Gasteiger partial charge in [0.25, 0.3) is 11.8 Å². The summed E-state index contributed by atoms with van der Waals surface area (Å²) >= 11 is 0. The van der Waals surface area contributed by atoms with Crippen LogP contribution in [0.3, 0.4) is 0 Å². The minimum Gasteiger partial charge on any atom is -0.445 e. The van der Waals surface area contributed by atoms with Crippen molar-refractivity contribution in [2.75, 3.05) is 13.1 Å². The molecule has 0 aliphatic heterocycles. The Hall–Kier alpha value is -3.41. The molecule has 6 nitrogen and oxygen atoms in total. The van der Waals surface area contributed by atoms with E-state index in [-0.39, 0.29) is 11.8 Å². The first-order chi connectivity index (χ1) is 15.5. The second-order valence-electron chi connectivity index (χ2n) is 7.78. The fourth-order valence-electron chi connectivity index (χ4n) is 3.65. The van der Waals surface area contributed by atoms with E-state index in [0.29, 0.717) is 42.2 Å². The van der Waals surface area contributed by atoms with Crippen LogP contribution >= 0.6 is 0 Å². The van der Waals surface area contributed by atoms with E-state index < -0.39 is 0 Å². The molecule has 6 heteroatoms. The smallest absolute Gasteiger partial charge is 0.253 e. The third-order valence-corrected chi connectivity index (χ3v) is 5.25. The predicted molar refractivity (Wildman–Crippen MR) is 125 cm³/mol. The highest BCUT2D eigenvalue weighted by molar-refractivity contribution is 6.01. The molecule has 1 aromatic heterocycles. The van der Waals surface area contributed by atoms with E-state index in [1.165, 1.54) is 11.8 Å². The van der Waals surface area contributed by atoms with Gasteiger partial charge in [0.2, 0.25) is 5.89 Å². The van der Waals surface area contributed by atoms with Crippen molar-refractivity contribution in [3.63, 3.8) is 0 Å². The van der Waals surface area contributed by atoms with Crippen LogP contribution in [-0.4, -0.2) is 34.8 Å². The number of carbonyl (C=O) groups excluding carboxylic acids is 2. The van der Waals surface area contributed by atoms with Crippen LogP contribution < -0.4 is 5.32 Å². The average Bonchev–Trinajstić information content (AvgIpc) is 3.37. The van der Waals surface area contributed by atoms with Gasteiger partial charge in [0.15, 0.2) is 0 Å². The lowest BCUT2D eigenvalue weighted by molar-refractivity contribution is 0.0755. The van der Waals surface area contributed by atoms with Crippen molar-refractivity contribution in [3.8, 4) is 11.5 Å². The molecule has 0 unspecified atom stereocenters. The van der Waals surface area contributed by atoms with Gasteiger partial charge in [-0.1, -0.05) is 45.0 Å². The maximum absolute atomic E-state index is 13.2. The van der Waals surface area contributed by atoms with Crippen molar-refractivity contribution in [1.82, 2.24) is 15.2 Å². The van der Waals surface area contributed by atoms with Gasteiger partial charge in [-0.05, 0) is 48.6 Å². The van der Waals surface area contributed by atoms with Crippen molar-refractivity contribution in [2.45, 2.75) is 46.6 Å². The molecule has 2 amide bonds. The quantitative estimate of drug-likeness (QED) is 0.483. The molecule has 0 aliphatic rings. The number of rotatable bonds is 10. The summed E-state index contributed by atoms with van der Waals surface area (Å²) in [7, 11) is 0. The molecule has 0 spiro atoms. The maximum atomic E-state index is 13.2. The first-order valence-corrected chi connectivity index (χ1v) is 11.3. The number of aromatic nitrogens is 1. The fourth-order valence-corrected chi connectivity index (χ4v) is 3.65. The summed E-state index contributed by atoms with van der Waals surface area (Å²) in [5, 5.41) is 2.97. The zero-order chi connectivity index (χ0) is 22.9. The Labute approximate surface area is 189 Å². The van der Waals surface area contributed by atoms with E-state index in [0.717, 1.165) is 24.8 Å². The molecule has 0 saturated carbocycles. The van der Waals surface area contributed by atoms with Crippen LogP contribution in [-0.2, 0) is 13.0 Å². The predicted octanol–water partition coefficient (Wildman–Crippen LogP) is 5.10. The largest absolute Gasteiger partial charge is 0.445 e. The third kappa shape index (κ3) is 5.84. The van der Waals surface area contributed by atoms with E-state index in [1.807, 2.05) is 30.9 Å². The first-order valence-electron chi connectivity index (χ1n) is 11.3. The van der Waals surface area contributed by atoms with Crippen molar-refractivity contribution in [2.24, 2.45) is 0 Å². The van der Waals surface area contributed by atoms with E-state index >= 15 is 0 Å². The Morgan fingerprint density at radius 1 is 0.969 bits per heavy atom. The number of nitrogens with one attached hydrogen (secondary N) is 1. The van der Waals surface area contributed by atoms with E-state index in [1.54, 1.807) is 24.4 Å². The number of oxazole rings is 1. The fraction of sp³-hybridized carbons (Fsp3) is 0.346. The van der Waals surface area contributed by atoms with Gasteiger partial charge in [0, 0.05) is 36.3 Å². The molecule has 1 N–H and O–H groups in total. The van der Waals surface area contributed by atoms with Crippen LogP contribution in [0.1, 0.15) is 65.5 Å². The molecule has 32 heavy (non-hydrogen) atoms. The molecule has 0 radical (unpaired) electrons. The van der Waals surface area contributed by atoms with Crippen molar-refractivity contribution in [3.05, 3.63) is 77.2 Å². The summed E-state index contributed by atoms with van der Waals surface area (Å²) in [6, 6.07) is 13.3. The summed E-state index contributed by atoms with van der Waals surface area (Å²) in [6.45, 7) is 7.95. The van der Waals surface area contributed by atoms with Crippen molar-refractivity contribution < 1.29 is 14.0 Å². The highest BCUT2D eigenvalue weighted by Gasteiger charge is 2.19. The molecule has 2 aromatic carbocycles. The Balaban J connectivity index is 1.88. The van der Waals surface area contributed by atoms with Crippen molar-refractivity contribution >= 4 is 11.8 Å². The molecule has 0 fully saturated rings. The van der Waals surface area contributed by atoms with Gasteiger partial charge in [-0.15, -0.1) is 0 Å². The Bertz CT molecular complexity index is 1040. The average molecular weight is 434 g/mol. The number of aryl methyl sites for hydroxylation is 1. The summed E-state index contributed by atoms with van der Waals surface area (Å²) in [6.07, 6.45) is 5.71. The second kappa shape index (κ2) is 11.3. The van der Waals surface area contributed by atoms with E-state index in [4.69, 9.17) is 4.42 Å². The lowest BCUT2D eigenvalue weighted by Crippen LogP contribution is -2.33. The van der Waals surface area contributed by atoms with Crippen LogP contribution in [0.5, 0.6) is 0 Å². The highest BCUT2D eigenvalue weighted by atomic mass is 16.3. The minimum atomic E-state index is -0.244. The van der Waals surface area contributed by atoms with Crippen molar-refractivity contribution in [1.29, 1.82) is 0 Å². The number of benzene rings is 2. The summed E-state index contributed by atoms with van der Waals surface area (Å²) in [4.78, 5) is 32.2. The number of carbonyl (C=O) groups is 2. The van der Waals surface area contributed by atoms with Gasteiger partial charge in [0.1, 0.15) is 6.26 Å². The van der Waals surface area contributed by atoms with Gasteiger partial charge in [-0.2, -0.15) is 0 Å². The van der Waals surface area contributed by atoms with Gasteiger partial charge in [-0.25, -0.2) is 4.98 Å². The normalized spacial score (nSPS) is 10.7. The van der Waals surface area contributed by atoms with Gasteiger partial charge in [0.05, 0.1) is 6.20 Å². The highest BCUT2D eigenvalue weighted by Crippen LogP contribution is 2.22. The lowest BCUT2D eigenvalue weighted by Gasteiger charge is -2.22. The molecular formula is C26H31N3O3. The Morgan fingerprint density at radius 3 is 2.34 bits per heavy atom. The number of hydrogen-bond acceptors (Lipinski definition) is 4. The summed E-state index contributed by atoms with van der Waals surface area (Å²) < 4.78 is 5.43. The molecule has 0 saturated heterocycles. The van der Waals surface area contributed by atoms with E-state index in [9.17, 15) is 9.59 Å². The van der Waals surface area contributed by atoms with Crippen LogP contribution in [0.2, 0.25) is 0 Å². The van der Waals surface area contributed by atoms with Crippen LogP contribution in [0.25, 0.3) is 11.5 Å². The van der Waals surface area contributed by atoms with Gasteiger partial charge >= 0.3 is 0 Å². The molecule has 3 rings (SSSR count). The molecule has 1 heterocycles. The summed E-state index contributed by atoms with van der Waals surface area (Å²) in [5.41, 5.74) is 3.73. The van der Waals surface area contributed by atoms with Crippen LogP contribution in [0.4, 0.5) is 0 Å². The first kappa shape index (κ1) is 23.3. The molecule has 168 valence electrons. The molecular weight excluding hydrogens is 402 g/mol. The zero-order valence-corrected chi connectivity index (χ0v) is 19.1. The lowest BCUT2D eigenvalue weighted by atomic mass is 10.0. The topological polar surface area (TPSA) is 75.4 Å². The van der Waals surface area contributed by atoms with Crippen LogP contribution in [0, 0.1) is 0 Å². The molecule has 3 aromatic rings. The number of hydrogen-bond donors (Lipinski definition) is 1. The Kier molecular flexibility index (Phi) is 8.20. The van der Waals surface area contributed by atoms with Gasteiger partial charge < -0.3 is 14.6 Å². The standard InChI is InChI=1S/C26H31N3O3/c1-4-11-29(12-5-2)26(31)23-16-21(15-22(17-23)25-27-10-13-32-25)24(30)28-18-20-9-7-8-19(6-3)14-20/h7-10,13-17H,4-6,11-12,18H2,1-3H3,(H,28,30). The van der Waals surface area contributed by atoms with Gasteiger partial charge in [-0.3, -0.25) is 9.59 Å². The minimum absolute atomic E-state index is 0.0909. The third-order valence-electron chi connectivity index (χ3n) is 5.25. The Morgan fingerprint density at radius 2 is 1.69 bits per heavy atom. The molecule has 0 aliphatic carbocycles.